The molecule has 0 saturated heterocycles. The Morgan fingerprint density at radius 3 is 2.43 bits per heavy atom. The molecule has 0 saturated carbocycles. The quantitative estimate of drug-likeness (QED) is 0.726. The molecule has 0 fully saturated rings. The Kier molecular flexibility index (Phi) is 4.33. The van der Waals surface area contributed by atoms with E-state index in [2.05, 4.69) is 0 Å². The number of hydrogen-bond acceptors (Lipinski definition) is 2. The van der Waals surface area contributed by atoms with E-state index < -0.39 is 0 Å². The fraction of sp³-hybridized carbons (Fsp3) is 0.417. The average Bonchev–Trinajstić information content (AvgIpc) is 2.20. The number of ketones is 1. The van der Waals surface area contributed by atoms with Crippen LogP contribution in [0.15, 0.2) is 24.3 Å². The first-order valence-electron chi connectivity index (χ1n) is 5.01. The first-order valence-corrected chi connectivity index (χ1v) is 5.01. The molecule has 1 N–H and O–H groups in total. The summed E-state index contributed by atoms with van der Waals surface area (Å²) in [5, 5.41) is 8.72. The van der Waals surface area contributed by atoms with Crippen molar-refractivity contribution < 1.29 is 9.90 Å². The summed E-state index contributed by atoms with van der Waals surface area (Å²) in [7, 11) is 0. The van der Waals surface area contributed by atoms with Crippen molar-refractivity contribution in [3.63, 3.8) is 0 Å². The molecule has 0 atom stereocenters. The van der Waals surface area contributed by atoms with Crippen molar-refractivity contribution >= 4 is 5.78 Å². The fourth-order valence-electron chi connectivity index (χ4n) is 1.36. The van der Waals surface area contributed by atoms with Gasteiger partial charge in [0, 0.05) is 18.6 Å². The molecular weight excluding hydrogens is 176 g/mol. The molecular formula is C12H16O2. The Morgan fingerprint density at radius 2 is 1.93 bits per heavy atom. The third kappa shape index (κ3) is 2.96. The lowest BCUT2D eigenvalue weighted by molar-refractivity contribution is 0.0982. The second-order valence-electron chi connectivity index (χ2n) is 3.34. The number of hydrogen-bond donors (Lipinski definition) is 1. The van der Waals surface area contributed by atoms with Gasteiger partial charge in [-0.2, -0.15) is 0 Å². The molecule has 0 aliphatic rings. The Morgan fingerprint density at radius 1 is 1.29 bits per heavy atom. The van der Waals surface area contributed by atoms with Crippen molar-refractivity contribution in [1.82, 2.24) is 0 Å². The molecule has 14 heavy (non-hydrogen) atoms. The monoisotopic (exact) mass is 192 g/mol. The second-order valence-corrected chi connectivity index (χ2v) is 3.34. The Labute approximate surface area is 84.6 Å². The molecule has 0 amide bonds. The minimum Gasteiger partial charge on any atom is -0.396 e. The van der Waals surface area contributed by atoms with Gasteiger partial charge in [0.2, 0.25) is 0 Å². The van der Waals surface area contributed by atoms with Gasteiger partial charge >= 0.3 is 0 Å². The number of benzene rings is 1. The topological polar surface area (TPSA) is 37.3 Å². The predicted molar refractivity (Wildman–Crippen MR) is 56.5 cm³/mol. The van der Waals surface area contributed by atoms with Crippen molar-refractivity contribution in [2.24, 2.45) is 0 Å². The second kappa shape index (κ2) is 5.55. The van der Waals surface area contributed by atoms with Crippen molar-refractivity contribution in [2.75, 3.05) is 6.61 Å². The Bertz CT molecular complexity index is 288. The molecule has 1 rings (SSSR count). The molecule has 1 aromatic carbocycles. The molecule has 0 aromatic heterocycles. The van der Waals surface area contributed by atoms with E-state index >= 15 is 0 Å². The van der Waals surface area contributed by atoms with Crippen LogP contribution in [0, 0.1) is 0 Å². The summed E-state index contributed by atoms with van der Waals surface area (Å²) in [6.45, 7) is 2.15. The normalized spacial score (nSPS) is 10.1. The van der Waals surface area contributed by atoms with Crippen LogP contribution in [0.25, 0.3) is 0 Å². The van der Waals surface area contributed by atoms with Crippen molar-refractivity contribution in [3.05, 3.63) is 35.4 Å². The van der Waals surface area contributed by atoms with Crippen LogP contribution < -0.4 is 0 Å². The van der Waals surface area contributed by atoms with Gasteiger partial charge in [0.25, 0.3) is 0 Å². The van der Waals surface area contributed by atoms with Gasteiger partial charge in [0.1, 0.15) is 0 Å². The number of carbonyl (C=O) groups excluding carboxylic acids is 1. The number of rotatable bonds is 5. The lowest BCUT2D eigenvalue weighted by Gasteiger charge is -2.01. The van der Waals surface area contributed by atoms with Crippen LogP contribution >= 0.6 is 0 Å². The van der Waals surface area contributed by atoms with Gasteiger partial charge in [0.05, 0.1) is 0 Å². The van der Waals surface area contributed by atoms with Crippen LogP contribution in [0.2, 0.25) is 0 Å². The molecule has 0 heterocycles. The van der Waals surface area contributed by atoms with Gasteiger partial charge < -0.3 is 5.11 Å². The van der Waals surface area contributed by atoms with Crippen molar-refractivity contribution in [2.45, 2.75) is 26.2 Å². The molecule has 76 valence electrons. The van der Waals surface area contributed by atoms with E-state index in [1.807, 2.05) is 31.2 Å². The summed E-state index contributed by atoms with van der Waals surface area (Å²) in [5.74, 6) is 0.197. The third-order valence-electron chi connectivity index (χ3n) is 2.15. The highest BCUT2D eigenvalue weighted by atomic mass is 16.2. The number of aliphatic hydroxyl groups excluding tert-OH is 1. The van der Waals surface area contributed by atoms with Gasteiger partial charge in [-0.3, -0.25) is 4.79 Å². The van der Waals surface area contributed by atoms with Crippen LogP contribution in [0.1, 0.15) is 35.7 Å². The smallest absolute Gasteiger partial charge is 0.162 e. The lowest BCUT2D eigenvalue weighted by Crippen LogP contribution is -1.98. The summed E-state index contributed by atoms with van der Waals surface area (Å²) in [5.41, 5.74) is 1.84. The molecule has 0 aliphatic carbocycles. The number of aliphatic hydroxyl groups is 1. The van der Waals surface area contributed by atoms with E-state index in [9.17, 15) is 4.79 Å². The minimum absolute atomic E-state index is 0.155. The maximum atomic E-state index is 11.5. The van der Waals surface area contributed by atoms with E-state index in [1.165, 1.54) is 0 Å². The zero-order chi connectivity index (χ0) is 10.4. The summed E-state index contributed by atoms with van der Waals surface area (Å²) < 4.78 is 0. The van der Waals surface area contributed by atoms with Gasteiger partial charge in [-0.05, 0) is 18.4 Å². The van der Waals surface area contributed by atoms with E-state index in [0.717, 1.165) is 17.5 Å². The Balaban J connectivity index is 2.67. The van der Waals surface area contributed by atoms with E-state index in [-0.39, 0.29) is 12.4 Å². The van der Waals surface area contributed by atoms with Crippen LogP contribution in [-0.4, -0.2) is 17.5 Å². The summed E-state index contributed by atoms with van der Waals surface area (Å²) in [4.78, 5) is 11.5. The van der Waals surface area contributed by atoms with Crippen molar-refractivity contribution in [3.8, 4) is 0 Å². The SMILES string of the molecule is CCCC(=O)c1ccc(CCO)cc1. The van der Waals surface area contributed by atoms with E-state index in [0.29, 0.717) is 12.8 Å². The van der Waals surface area contributed by atoms with Gasteiger partial charge in [-0.15, -0.1) is 0 Å². The van der Waals surface area contributed by atoms with E-state index in [4.69, 9.17) is 5.11 Å². The fourth-order valence-corrected chi connectivity index (χ4v) is 1.36. The third-order valence-corrected chi connectivity index (χ3v) is 2.15. The standard InChI is InChI=1S/C12H16O2/c1-2-3-12(14)11-6-4-10(5-7-11)8-9-13/h4-7,13H,2-3,8-9H2,1H3. The van der Waals surface area contributed by atoms with Gasteiger partial charge in [-0.1, -0.05) is 31.2 Å². The maximum Gasteiger partial charge on any atom is 0.162 e. The van der Waals surface area contributed by atoms with Crippen LogP contribution in [0.3, 0.4) is 0 Å². The zero-order valence-corrected chi connectivity index (χ0v) is 8.49. The van der Waals surface area contributed by atoms with Gasteiger partial charge in [0.15, 0.2) is 5.78 Å². The van der Waals surface area contributed by atoms with Crippen LogP contribution in [0.4, 0.5) is 0 Å². The number of carbonyl (C=O) groups is 1. The molecule has 0 spiro atoms. The van der Waals surface area contributed by atoms with E-state index in [1.54, 1.807) is 0 Å². The molecule has 1 aromatic rings. The summed E-state index contributed by atoms with van der Waals surface area (Å²) in [6.07, 6.45) is 2.15. The summed E-state index contributed by atoms with van der Waals surface area (Å²) >= 11 is 0. The molecule has 2 nitrogen and oxygen atoms in total. The highest BCUT2D eigenvalue weighted by molar-refractivity contribution is 5.95. The van der Waals surface area contributed by atoms with Crippen LogP contribution in [0.5, 0.6) is 0 Å². The molecule has 0 radical (unpaired) electrons. The zero-order valence-electron chi connectivity index (χ0n) is 8.49. The summed E-state index contributed by atoms with van der Waals surface area (Å²) in [6, 6.07) is 7.48. The maximum absolute atomic E-state index is 11.5. The lowest BCUT2D eigenvalue weighted by atomic mass is 10.0. The highest BCUT2D eigenvalue weighted by Crippen LogP contribution is 2.08. The molecule has 2 heteroatoms. The first kappa shape index (κ1) is 10.9. The van der Waals surface area contributed by atoms with Crippen LogP contribution in [-0.2, 0) is 6.42 Å². The average molecular weight is 192 g/mol. The van der Waals surface area contributed by atoms with Crippen molar-refractivity contribution in [1.29, 1.82) is 0 Å². The predicted octanol–water partition coefficient (Wildman–Crippen LogP) is 2.20. The Hall–Kier alpha value is -1.15. The highest BCUT2D eigenvalue weighted by Gasteiger charge is 2.03. The largest absolute Gasteiger partial charge is 0.396 e. The molecule has 0 unspecified atom stereocenters. The van der Waals surface area contributed by atoms with Gasteiger partial charge in [-0.25, -0.2) is 0 Å². The number of Topliss-reactive ketones (excluding diaryl/α,β-unsaturated/α-hetero) is 1. The minimum atomic E-state index is 0.155. The first-order chi connectivity index (χ1) is 6.77. The molecule has 0 aliphatic heterocycles. The molecule has 0 bridgehead atoms.